The van der Waals surface area contributed by atoms with E-state index in [1.807, 2.05) is 4.90 Å². The molecule has 2 aliphatic heterocycles. The Labute approximate surface area is 124 Å². The predicted molar refractivity (Wildman–Crippen MR) is 79.4 cm³/mol. The molecule has 1 amide bonds. The average molecular weight is 290 g/mol. The highest BCUT2D eigenvalue weighted by Gasteiger charge is 2.36. The Morgan fingerprint density at radius 3 is 2.71 bits per heavy atom. The molecule has 1 aromatic rings. The molecule has 0 saturated carbocycles. The van der Waals surface area contributed by atoms with E-state index in [0.29, 0.717) is 5.92 Å². The molecular weight excluding hydrogens is 268 g/mol. The highest BCUT2D eigenvalue weighted by Crippen LogP contribution is 2.32. The van der Waals surface area contributed by atoms with Crippen LogP contribution in [-0.2, 0) is 0 Å². The molecule has 5 heteroatoms. The summed E-state index contributed by atoms with van der Waals surface area (Å²) >= 11 is 0. The van der Waals surface area contributed by atoms with Gasteiger partial charge in [-0.1, -0.05) is 0 Å². The molecule has 2 heterocycles. The lowest BCUT2D eigenvalue weighted by atomic mass is 9.88. The zero-order chi connectivity index (χ0) is 14.8. The molecule has 2 saturated heterocycles. The summed E-state index contributed by atoms with van der Waals surface area (Å²) in [6.07, 6.45) is 4.25. The number of likely N-dealkylation sites (tertiary alicyclic amines) is 1. The number of amides is 1. The first kappa shape index (κ1) is 14.2. The maximum Gasteiger partial charge on any atom is 0.258 e. The maximum atomic E-state index is 12.7. The molecule has 0 aromatic heterocycles. The summed E-state index contributed by atoms with van der Waals surface area (Å²) in [4.78, 5) is 14.6. The van der Waals surface area contributed by atoms with Crippen LogP contribution in [-0.4, -0.2) is 46.7 Å². The molecule has 1 aromatic carbocycles. The zero-order valence-electron chi connectivity index (χ0n) is 12.1. The van der Waals surface area contributed by atoms with Crippen molar-refractivity contribution in [3.63, 3.8) is 0 Å². The Morgan fingerprint density at radius 1 is 1.19 bits per heavy atom. The van der Waals surface area contributed by atoms with Crippen LogP contribution in [0.3, 0.4) is 0 Å². The van der Waals surface area contributed by atoms with Crippen LogP contribution in [0.4, 0.5) is 0 Å². The van der Waals surface area contributed by atoms with Crippen molar-refractivity contribution in [2.75, 3.05) is 19.6 Å². The molecule has 0 spiro atoms. The van der Waals surface area contributed by atoms with Crippen molar-refractivity contribution in [1.29, 1.82) is 0 Å². The minimum Gasteiger partial charge on any atom is -0.508 e. The molecule has 5 nitrogen and oxygen atoms in total. The Hall–Kier alpha value is -1.75. The van der Waals surface area contributed by atoms with Gasteiger partial charge in [-0.15, -0.1) is 0 Å². The van der Waals surface area contributed by atoms with Crippen molar-refractivity contribution < 1.29 is 15.0 Å². The van der Waals surface area contributed by atoms with Crippen molar-refractivity contribution in [3.05, 3.63) is 23.8 Å². The largest absolute Gasteiger partial charge is 0.508 e. The average Bonchev–Trinajstić information content (AvgIpc) is 2.99. The van der Waals surface area contributed by atoms with Gasteiger partial charge in [-0.25, -0.2) is 0 Å². The van der Waals surface area contributed by atoms with Crippen molar-refractivity contribution in [2.24, 2.45) is 5.92 Å². The van der Waals surface area contributed by atoms with Gasteiger partial charge in [0.2, 0.25) is 0 Å². The van der Waals surface area contributed by atoms with Gasteiger partial charge in [0.05, 0.1) is 5.56 Å². The van der Waals surface area contributed by atoms with Crippen molar-refractivity contribution in [3.8, 4) is 11.5 Å². The molecule has 1 unspecified atom stereocenters. The molecule has 1 atom stereocenters. The van der Waals surface area contributed by atoms with E-state index >= 15 is 0 Å². The normalized spacial score (nSPS) is 23.4. The topological polar surface area (TPSA) is 72.8 Å². The van der Waals surface area contributed by atoms with Gasteiger partial charge < -0.3 is 20.4 Å². The number of phenols is 2. The number of piperidine rings is 1. The monoisotopic (exact) mass is 290 g/mol. The Bertz CT molecular complexity index is 526. The molecule has 114 valence electrons. The predicted octanol–water partition coefficient (Wildman–Crippen LogP) is 1.70. The summed E-state index contributed by atoms with van der Waals surface area (Å²) in [5, 5.41) is 22.8. The van der Waals surface area contributed by atoms with Gasteiger partial charge in [0, 0.05) is 12.6 Å². The maximum absolute atomic E-state index is 12.7. The quantitative estimate of drug-likeness (QED) is 0.725. The Morgan fingerprint density at radius 2 is 1.95 bits per heavy atom. The minimum atomic E-state index is -0.163. The van der Waals surface area contributed by atoms with Crippen LogP contribution in [0.1, 0.15) is 36.0 Å². The molecule has 2 fully saturated rings. The summed E-state index contributed by atoms with van der Waals surface area (Å²) in [7, 11) is 0. The van der Waals surface area contributed by atoms with Crippen LogP contribution in [0.5, 0.6) is 11.5 Å². The SMILES string of the molecule is O=C(c1cc(O)ccc1O)N1CCCC1C1CCNCC1. The van der Waals surface area contributed by atoms with Gasteiger partial charge in [0.25, 0.3) is 5.91 Å². The fourth-order valence-corrected chi connectivity index (χ4v) is 3.61. The molecule has 21 heavy (non-hydrogen) atoms. The standard InChI is InChI=1S/C16H22N2O3/c19-12-3-4-15(20)13(10-12)16(21)18-9-1-2-14(18)11-5-7-17-8-6-11/h3-4,10-11,14,17,19-20H,1-2,5-9H2. The number of aromatic hydroxyl groups is 2. The highest BCUT2D eigenvalue weighted by molar-refractivity contribution is 5.97. The fourth-order valence-electron chi connectivity index (χ4n) is 3.61. The summed E-state index contributed by atoms with van der Waals surface area (Å²) in [5.41, 5.74) is 0.204. The first-order valence-corrected chi connectivity index (χ1v) is 7.70. The number of benzene rings is 1. The molecule has 2 aliphatic rings. The first-order valence-electron chi connectivity index (χ1n) is 7.70. The van der Waals surface area contributed by atoms with E-state index in [1.165, 1.54) is 18.2 Å². The second kappa shape index (κ2) is 5.93. The summed E-state index contributed by atoms with van der Waals surface area (Å²) in [5.74, 6) is 0.323. The number of nitrogens with zero attached hydrogens (tertiary/aromatic N) is 1. The molecular formula is C16H22N2O3. The van der Waals surface area contributed by atoms with E-state index in [-0.39, 0.29) is 29.0 Å². The number of phenolic OH excluding ortho intramolecular Hbond substituents is 2. The summed E-state index contributed by atoms with van der Waals surface area (Å²) in [6.45, 7) is 2.77. The lowest BCUT2D eigenvalue weighted by Gasteiger charge is -2.34. The number of carbonyl (C=O) groups excluding carboxylic acids is 1. The number of carbonyl (C=O) groups is 1. The van der Waals surface area contributed by atoms with Gasteiger partial charge in [0.1, 0.15) is 11.5 Å². The smallest absolute Gasteiger partial charge is 0.258 e. The van der Waals surface area contributed by atoms with Crippen molar-refractivity contribution in [1.82, 2.24) is 10.2 Å². The molecule has 3 rings (SSSR count). The van der Waals surface area contributed by atoms with E-state index < -0.39 is 0 Å². The number of rotatable bonds is 2. The first-order chi connectivity index (χ1) is 10.2. The summed E-state index contributed by atoms with van der Waals surface area (Å²) < 4.78 is 0. The van der Waals surface area contributed by atoms with Crippen molar-refractivity contribution in [2.45, 2.75) is 31.7 Å². The third-order valence-corrected chi connectivity index (χ3v) is 4.70. The van der Waals surface area contributed by atoms with Crippen LogP contribution < -0.4 is 5.32 Å². The van der Waals surface area contributed by atoms with Gasteiger partial charge in [-0.2, -0.15) is 0 Å². The third-order valence-electron chi connectivity index (χ3n) is 4.70. The number of nitrogens with one attached hydrogen (secondary N) is 1. The second-order valence-electron chi connectivity index (χ2n) is 6.00. The lowest BCUT2D eigenvalue weighted by Crippen LogP contribution is -2.43. The minimum absolute atomic E-state index is 0.00811. The Kier molecular flexibility index (Phi) is 4.01. The van der Waals surface area contributed by atoms with Crippen LogP contribution in [0.2, 0.25) is 0 Å². The van der Waals surface area contributed by atoms with E-state index in [4.69, 9.17) is 0 Å². The molecule has 0 radical (unpaired) electrons. The van der Waals surface area contributed by atoms with Crippen LogP contribution >= 0.6 is 0 Å². The summed E-state index contributed by atoms with van der Waals surface area (Å²) in [6, 6.07) is 4.38. The third kappa shape index (κ3) is 2.83. The van der Waals surface area contributed by atoms with Crippen LogP contribution in [0.25, 0.3) is 0 Å². The van der Waals surface area contributed by atoms with E-state index in [0.717, 1.165) is 45.3 Å². The fraction of sp³-hybridized carbons (Fsp3) is 0.562. The zero-order valence-corrected chi connectivity index (χ0v) is 12.1. The van der Waals surface area contributed by atoms with E-state index in [9.17, 15) is 15.0 Å². The second-order valence-corrected chi connectivity index (χ2v) is 6.00. The number of hydrogen-bond donors (Lipinski definition) is 3. The molecule has 3 N–H and O–H groups in total. The molecule has 0 aliphatic carbocycles. The van der Waals surface area contributed by atoms with Crippen molar-refractivity contribution >= 4 is 5.91 Å². The van der Waals surface area contributed by atoms with E-state index in [1.54, 1.807) is 0 Å². The van der Waals surface area contributed by atoms with Gasteiger partial charge in [-0.05, 0) is 62.9 Å². The Balaban J connectivity index is 1.80. The lowest BCUT2D eigenvalue weighted by molar-refractivity contribution is 0.0663. The van der Waals surface area contributed by atoms with Crippen LogP contribution in [0, 0.1) is 5.92 Å². The van der Waals surface area contributed by atoms with Gasteiger partial charge in [-0.3, -0.25) is 4.79 Å². The highest BCUT2D eigenvalue weighted by atomic mass is 16.3. The van der Waals surface area contributed by atoms with Gasteiger partial charge >= 0.3 is 0 Å². The van der Waals surface area contributed by atoms with E-state index in [2.05, 4.69) is 5.32 Å². The van der Waals surface area contributed by atoms with Crippen LogP contribution in [0.15, 0.2) is 18.2 Å². The molecule has 0 bridgehead atoms. The number of hydrogen-bond acceptors (Lipinski definition) is 4. The van der Waals surface area contributed by atoms with Gasteiger partial charge in [0.15, 0.2) is 0 Å².